The zero-order chi connectivity index (χ0) is 25.4. The predicted molar refractivity (Wildman–Crippen MR) is 151 cm³/mol. The lowest BCUT2D eigenvalue weighted by Crippen LogP contribution is -2.33. The summed E-state index contributed by atoms with van der Waals surface area (Å²) in [5, 5.41) is 2.37. The van der Waals surface area contributed by atoms with Gasteiger partial charge in [0.05, 0.1) is 5.56 Å². The third-order valence-electron chi connectivity index (χ3n) is 8.57. The molecule has 0 atom stereocenters. The number of hydrogen-bond acceptors (Lipinski definition) is 1. The molecule has 0 spiro atoms. The summed E-state index contributed by atoms with van der Waals surface area (Å²) in [7, 11) is 2.10. The van der Waals surface area contributed by atoms with Gasteiger partial charge in [-0.3, -0.25) is 0 Å². The van der Waals surface area contributed by atoms with Crippen LogP contribution in [0.2, 0.25) is 0 Å². The third-order valence-corrected chi connectivity index (χ3v) is 8.57. The minimum atomic E-state index is 0.171. The number of benzene rings is 3. The van der Waals surface area contributed by atoms with Crippen LogP contribution in [0, 0.1) is 13.8 Å². The molecule has 2 heteroatoms. The zero-order valence-electron chi connectivity index (χ0n) is 22.6. The Morgan fingerprint density at radius 3 is 2.25 bits per heavy atom. The van der Waals surface area contributed by atoms with E-state index in [0.29, 0.717) is 0 Å². The minimum absolute atomic E-state index is 0.171. The summed E-state index contributed by atoms with van der Waals surface area (Å²) in [6.45, 7) is 13.9. The summed E-state index contributed by atoms with van der Waals surface area (Å²) >= 11 is 0. The molecule has 0 saturated heterocycles. The van der Waals surface area contributed by atoms with Crippen LogP contribution in [0.4, 0.5) is 0 Å². The Kier molecular flexibility index (Phi) is 4.99. The van der Waals surface area contributed by atoms with Crippen LogP contribution in [0.25, 0.3) is 44.3 Å². The molecule has 0 bridgehead atoms. The molecule has 2 aromatic heterocycles. The maximum atomic E-state index is 6.84. The highest BCUT2D eigenvalue weighted by Gasteiger charge is 2.37. The van der Waals surface area contributed by atoms with Gasteiger partial charge < -0.3 is 4.42 Å². The third kappa shape index (κ3) is 3.42. The molecular formula is C34H36NO+. The van der Waals surface area contributed by atoms with Crippen LogP contribution in [0.15, 0.2) is 71.3 Å². The van der Waals surface area contributed by atoms with Crippen molar-refractivity contribution in [1.82, 2.24) is 0 Å². The fourth-order valence-electron chi connectivity index (χ4n) is 6.26. The Morgan fingerprint density at radius 2 is 1.50 bits per heavy atom. The van der Waals surface area contributed by atoms with E-state index in [1.807, 2.05) is 0 Å². The van der Waals surface area contributed by atoms with E-state index in [2.05, 4.69) is 120 Å². The van der Waals surface area contributed by atoms with E-state index in [-0.39, 0.29) is 10.8 Å². The first-order chi connectivity index (χ1) is 17.1. The summed E-state index contributed by atoms with van der Waals surface area (Å²) < 4.78 is 9.01. The number of rotatable bonds is 2. The van der Waals surface area contributed by atoms with Gasteiger partial charge in [-0.1, -0.05) is 58.0 Å². The highest BCUT2D eigenvalue weighted by atomic mass is 16.3. The standard InChI is InChI=1S/C34H36NO/c1-21-18-25(23-12-14-27-28(20-23)34(5,6)16-15-33(27,3)4)31-26(19-21)24-13-11-22(2)30(32(24)36-31)29-10-8-9-17-35(29)7/h8-14,17-20H,15-16H2,1-7H3/q+1. The largest absolute Gasteiger partial charge is 0.454 e. The Labute approximate surface area is 214 Å². The maximum Gasteiger partial charge on any atom is 0.216 e. The molecule has 0 aliphatic heterocycles. The number of aromatic nitrogens is 1. The average molecular weight is 475 g/mol. The van der Waals surface area contributed by atoms with Gasteiger partial charge in [-0.25, -0.2) is 4.57 Å². The molecule has 36 heavy (non-hydrogen) atoms. The molecule has 1 aliphatic carbocycles. The van der Waals surface area contributed by atoms with Gasteiger partial charge in [-0.05, 0) is 83.5 Å². The lowest BCUT2D eigenvalue weighted by Gasteiger charge is -2.42. The molecule has 5 aromatic rings. The summed E-state index contributed by atoms with van der Waals surface area (Å²) in [6.07, 6.45) is 4.53. The highest BCUT2D eigenvalue weighted by molar-refractivity contribution is 6.13. The Hall–Kier alpha value is -3.39. The van der Waals surface area contributed by atoms with Gasteiger partial charge >= 0.3 is 0 Å². The van der Waals surface area contributed by atoms with Crippen molar-refractivity contribution in [2.45, 2.75) is 65.2 Å². The van der Waals surface area contributed by atoms with Gasteiger partial charge in [-0.15, -0.1) is 0 Å². The monoisotopic (exact) mass is 474 g/mol. The van der Waals surface area contributed by atoms with Crippen molar-refractivity contribution in [3.8, 4) is 22.4 Å². The number of fused-ring (bicyclic) bond motifs is 4. The highest BCUT2D eigenvalue weighted by Crippen LogP contribution is 2.48. The van der Waals surface area contributed by atoms with Crippen molar-refractivity contribution in [2.75, 3.05) is 0 Å². The normalized spacial score (nSPS) is 16.4. The van der Waals surface area contributed by atoms with Crippen molar-refractivity contribution in [3.63, 3.8) is 0 Å². The van der Waals surface area contributed by atoms with Gasteiger partial charge in [0.1, 0.15) is 18.2 Å². The van der Waals surface area contributed by atoms with Gasteiger partial charge in [0, 0.05) is 28.5 Å². The SMILES string of the molecule is Cc1cc(-c2ccc3c(c2)C(C)(C)CCC3(C)C)c2oc3c(-c4cccc[n+]4C)c(C)ccc3c2c1. The van der Waals surface area contributed by atoms with E-state index >= 15 is 0 Å². The van der Waals surface area contributed by atoms with Crippen LogP contribution in [-0.4, -0.2) is 0 Å². The molecule has 0 fully saturated rings. The summed E-state index contributed by atoms with van der Waals surface area (Å²) in [5.41, 5.74) is 12.5. The Balaban J connectivity index is 1.65. The van der Waals surface area contributed by atoms with Crippen LogP contribution in [-0.2, 0) is 17.9 Å². The molecule has 2 nitrogen and oxygen atoms in total. The van der Waals surface area contributed by atoms with E-state index in [4.69, 9.17) is 4.42 Å². The van der Waals surface area contributed by atoms with Crippen LogP contribution in [0.5, 0.6) is 0 Å². The van der Waals surface area contributed by atoms with Crippen LogP contribution in [0.3, 0.4) is 0 Å². The summed E-state index contributed by atoms with van der Waals surface area (Å²) in [5.74, 6) is 0. The van der Waals surface area contributed by atoms with E-state index in [0.717, 1.165) is 16.9 Å². The van der Waals surface area contributed by atoms with Gasteiger partial charge in [0.2, 0.25) is 5.69 Å². The number of nitrogens with zero attached hydrogens (tertiary/aromatic N) is 1. The predicted octanol–water partition coefficient (Wildman–Crippen LogP) is 8.71. The number of aryl methyl sites for hydroxylation is 3. The topological polar surface area (TPSA) is 17.0 Å². The van der Waals surface area contributed by atoms with Gasteiger partial charge in [-0.2, -0.15) is 0 Å². The first-order valence-electron chi connectivity index (χ1n) is 13.1. The molecular weight excluding hydrogens is 438 g/mol. The average Bonchev–Trinajstić information content (AvgIpc) is 3.20. The fourth-order valence-corrected chi connectivity index (χ4v) is 6.26. The summed E-state index contributed by atoms with van der Waals surface area (Å²) in [6, 6.07) is 22.5. The second kappa shape index (κ2) is 7.80. The second-order valence-electron chi connectivity index (χ2n) is 12.2. The molecule has 182 valence electrons. The van der Waals surface area contributed by atoms with E-state index in [9.17, 15) is 0 Å². The van der Waals surface area contributed by atoms with Gasteiger partial charge in [0.15, 0.2) is 6.20 Å². The number of pyridine rings is 1. The Morgan fingerprint density at radius 1 is 0.750 bits per heavy atom. The van der Waals surface area contributed by atoms with Crippen LogP contribution < -0.4 is 4.57 Å². The van der Waals surface area contributed by atoms with Crippen molar-refractivity contribution in [2.24, 2.45) is 7.05 Å². The number of furan rings is 1. The van der Waals surface area contributed by atoms with E-state index in [1.54, 1.807) is 0 Å². The van der Waals surface area contributed by atoms with Crippen molar-refractivity contribution < 1.29 is 8.98 Å². The maximum absolute atomic E-state index is 6.84. The fraction of sp³-hybridized carbons (Fsp3) is 0.324. The van der Waals surface area contributed by atoms with Crippen molar-refractivity contribution in [1.29, 1.82) is 0 Å². The van der Waals surface area contributed by atoms with E-state index < -0.39 is 0 Å². The lowest BCUT2D eigenvalue weighted by atomic mass is 9.63. The Bertz CT molecular complexity index is 1660. The number of hydrogen-bond donors (Lipinski definition) is 0. The molecule has 1 aliphatic rings. The smallest absolute Gasteiger partial charge is 0.216 e. The van der Waals surface area contributed by atoms with E-state index in [1.165, 1.54) is 62.6 Å². The van der Waals surface area contributed by atoms with Crippen LogP contribution in [0.1, 0.15) is 62.8 Å². The van der Waals surface area contributed by atoms with Gasteiger partial charge in [0.25, 0.3) is 0 Å². The van der Waals surface area contributed by atoms with Crippen molar-refractivity contribution >= 4 is 21.9 Å². The molecule has 0 amide bonds. The molecule has 0 unspecified atom stereocenters. The molecule has 0 radical (unpaired) electrons. The first-order valence-corrected chi connectivity index (χ1v) is 13.1. The zero-order valence-corrected chi connectivity index (χ0v) is 22.6. The molecule has 2 heterocycles. The lowest BCUT2D eigenvalue weighted by molar-refractivity contribution is -0.660. The first kappa shape index (κ1) is 23.0. The summed E-state index contributed by atoms with van der Waals surface area (Å²) in [4.78, 5) is 0. The molecule has 6 rings (SSSR count). The van der Waals surface area contributed by atoms with Crippen LogP contribution >= 0.6 is 0 Å². The quantitative estimate of drug-likeness (QED) is 0.234. The molecule has 0 N–H and O–H groups in total. The minimum Gasteiger partial charge on any atom is -0.454 e. The second-order valence-corrected chi connectivity index (χ2v) is 12.2. The van der Waals surface area contributed by atoms with Crippen molar-refractivity contribution in [3.05, 3.63) is 89.1 Å². The molecule has 0 saturated carbocycles. The molecule has 3 aromatic carbocycles.